The van der Waals surface area contributed by atoms with Gasteiger partial charge in [-0.05, 0) is 42.1 Å². The molecule has 112 valence electrons. The van der Waals surface area contributed by atoms with Crippen molar-refractivity contribution in [3.63, 3.8) is 0 Å². The molecule has 6 heteroatoms. The highest BCUT2D eigenvalue weighted by Gasteiger charge is 2.22. The zero-order valence-electron chi connectivity index (χ0n) is 12.2. The van der Waals surface area contributed by atoms with Gasteiger partial charge >= 0.3 is 0 Å². The van der Waals surface area contributed by atoms with Gasteiger partial charge < -0.3 is 9.47 Å². The second-order valence-corrected chi connectivity index (χ2v) is 6.56. The molecule has 2 rings (SSSR count). The third-order valence-electron chi connectivity index (χ3n) is 2.76. The van der Waals surface area contributed by atoms with Crippen molar-refractivity contribution < 1.29 is 14.3 Å². The molecule has 1 heterocycles. The summed E-state index contributed by atoms with van der Waals surface area (Å²) in [7, 11) is 3.19. The Morgan fingerprint density at radius 1 is 1.33 bits per heavy atom. The Morgan fingerprint density at radius 3 is 2.81 bits per heavy atom. The minimum Gasteiger partial charge on any atom is -0.497 e. The Labute approximate surface area is 133 Å². The SMILES string of the molecule is CCCSC1=N/C(=C/c2ccc(OC)cc2OC)C(=O)S1. The van der Waals surface area contributed by atoms with Gasteiger partial charge in [-0.25, -0.2) is 4.99 Å². The maximum absolute atomic E-state index is 12.0. The highest BCUT2D eigenvalue weighted by atomic mass is 32.2. The minimum absolute atomic E-state index is 0.0218. The van der Waals surface area contributed by atoms with E-state index in [0.29, 0.717) is 17.2 Å². The molecule has 0 N–H and O–H groups in total. The van der Waals surface area contributed by atoms with Crippen LogP contribution >= 0.6 is 23.5 Å². The number of ether oxygens (including phenoxy) is 2. The Kier molecular flexibility index (Phi) is 5.76. The van der Waals surface area contributed by atoms with Crippen molar-refractivity contribution in [2.45, 2.75) is 13.3 Å². The van der Waals surface area contributed by atoms with E-state index in [4.69, 9.17) is 9.47 Å². The number of methoxy groups -OCH3 is 2. The Bertz CT molecular complexity index is 597. The lowest BCUT2D eigenvalue weighted by Gasteiger charge is -2.07. The highest BCUT2D eigenvalue weighted by molar-refractivity contribution is 8.45. The average Bonchev–Trinajstić information content (AvgIpc) is 2.85. The van der Waals surface area contributed by atoms with Crippen LogP contribution in [0.15, 0.2) is 28.9 Å². The van der Waals surface area contributed by atoms with Gasteiger partial charge in [-0.15, -0.1) is 0 Å². The normalized spacial score (nSPS) is 16.2. The van der Waals surface area contributed by atoms with E-state index in [-0.39, 0.29) is 5.12 Å². The largest absolute Gasteiger partial charge is 0.497 e. The fourth-order valence-corrected chi connectivity index (χ4v) is 3.49. The summed E-state index contributed by atoms with van der Waals surface area (Å²) >= 11 is 2.81. The van der Waals surface area contributed by atoms with E-state index in [1.807, 2.05) is 12.1 Å². The summed E-state index contributed by atoms with van der Waals surface area (Å²) in [6.45, 7) is 2.11. The lowest BCUT2D eigenvalue weighted by atomic mass is 10.1. The molecule has 0 aromatic heterocycles. The number of benzene rings is 1. The van der Waals surface area contributed by atoms with Gasteiger partial charge in [0, 0.05) is 11.6 Å². The molecule has 0 amide bonds. The molecule has 0 fully saturated rings. The Hall–Kier alpha value is -1.40. The number of carbonyl (C=O) groups excluding carboxylic acids is 1. The first-order chi connectivity index (χ1) is 10.2. The fourth-order valence-electron chi connectivity index (χ4n) is 1.73. The summed E-state index contributed by atoms with van der Waals surface area (Å²) in [5, 5.41) is -0.0218. The van der Waals surface area contributed by atoms with Crippen LogP contribution in [-0.4, -0.2) is 29.5 Å². The van der Waals surface area contributed by atoms with Crippen LogP contribution in [0.2, 0.25) is 0 Å². The zero-order valence-corrected chi connectivity index (χ0v) is 13.8. The van der Waals surface area contributed by atoms with Gasteiger partial charge in [0.1, 0.15) is 21.6 Å². The molecule has 1 aromatic carbocycles. The Morgan fingerprint density at radius 2 is 2.14 bits per heavy atom. The summed E-state index contributed by atoms with van der Waals surface area (Å²) in [4.78, 5) is 16.4. The molecule has 0 spiro atoms. The summed E-state index contributed by atoms with van der Waals surface area (Å²) < 4.78 is 11.3. The third kappa shape index (κ3) is 4.04. The van der Waals surface area contributed by atoms with E-state index in [1.165, 1.54) is 11.8 Å². The van der Waals surface area contributed by atoms with Gasteiger partial charge in [-0.3, -0.25) is 4.79 Å². The zero-order chi connectivity index (χ0) is 15.2. The van der Waals surface area contributed by atoms with Crippen molar-refractivity contribution in [1.29, 1.82) is 0 Å². The number of nitrogens with zero attached hydrogens (tertiary/aromatic N) is 1. The quantitative estimate of drug-likeness (QED) is 0.771. The van der Waals surface area contributed by atoms with E-state index in [2.05, 4.69) is 11.9 Å². The minimum atomic E-state index is -0.0218. The van der Waals surface area contributed by atoms with Crippen LogP contribution in [0.3, 0.4) is 0 Å². The van der Waals surface area contributed by atoms with Crippen molar-refractivity contribution in [3.05, 3.63) is 29.5 Å². The first-order valence-electron chi connectivity index (χ1n) is 6.55. The van der Waals surface area contributed by atoms with E-state index in [1.54, 1.807) is 38.1 Å². The van der Waals surface area contributed by atoms with Crippen LogP contribution in [0.25, 0.3) is 6.08 Å². The first-order valence-corrected chi connectivity index (χ1v) is 8.35. The molecule has 0 saturated heterocycles. The third-order valence-corrected chi connectivity index (χ3v) is 4.98. The van der Waals surface area contributed by atoms with Crippen LogP contribution in [0.4, 0.5) is 0 Å². The van der Waals surface area contributed by atoms with Crippen molar-refractivity contribution in [2.24, 2.45) is 4.99 Å². The molecule has 21 heavy (non-hydrogen) atoms. The van der Waals surface area contributed by atoms with Gasteiger partial charge in [0.15, 0.2) is 0 Å². The van der Waals surface area contributed by atoms with Crippen LogP contribution < -0.4 is 9.47 Å². The highest BCUT2D eigenvalue weighted by Crippen LogP contribution is 2.33. The van der Waals surface area contributed by atoms with Gasteiger partial charge in [-0.2, -0.15) is 0 Å². The second kappa shape index (κ2) is 7.56. The van der Waals surface area contributed by atoms with Gasteiger partial charge in [0.2, 0.25) is 5.12 Å². The van der Waals surface area contributed by atoms with E-state index in [9.17, 15) is 4.79 Å². The van der Waals surface area contributed by atoms with Crippen molar-refractivity contribution in [2.75, 3.05) is 20.0 Å². The molecule has 0 unspecified atom stereocenters. The average molecular weight is 323 g/mol. The first kappa shape index (κ1) is 16.0. The molecular weight excluding hydrogens is 306 g/mol. The molecule has 1 aromatic rings. The number of aliphatic imine (C=N–C) groups is 1. The number of rotatable bonds is 5. The van der Waals surface area contributed by atoms with E-state index in [0.717, 1.165) is 22.1 Å². The van der Waals surface area contributed by atoms with Crippen LogP contribution in [0, 0.1) is 0 Å². The van der Waals surface area contributed by atoms with Crippen molar-refractivity contribution in [3.8, 4) is 11.5 Å². The summed E-state index contributed by atoms with van der Waals surface area (Å²) in [6.07, 6.45) is 2.82. The lowest BCUT2D eigenvalue weighted by molar-refractivity contribution is -0.107. The summed E-state index contributed by atoms with van der Waals surface area (Å²) in [6, 6.07) is 5.47. The molecular formula is C15H17NO3S2. The molecule has 0 bridgehead atoms. The maximum Gasteiger partial charge on any atom is 0.244 e. The molecule has 4 nitrogen and oxygen atoms in total. The smallest absolute Gasteiger partial charge is 0.244 e. The molecule has 1 aliphatic heterocycles. The van der Waals surface area contributed by atoms with E-state index < -0.39 is 0 Å². The van der Waals surface area contributed by atoms with Crippen molar-refractivity contribution >= 4 is 39.1 Å². The fraction of sp³-hybridized carbons (Fsp3) is 0.333. The standard InChI is InChI=1S/C15H17NO3S2/c1-4-7-20-15-16-12(14(17)21-15)8-10-5-6-11(18-2)9-13(10)19-3/h5-6,8-9H,4,7H2,1-3H3/b12-8+. The van der Waals surface area contributed by atoms with Crippen molar-refractivity contribution in [1.82, 2.24) is 0 Å². The molecule has 0 radical (unpaired) electrons. The molecule has 0 aliphatic carbocycles. The molecule has 0 saturated carbocycles. The topological polar surface area (TPSA) is 47.9 Å². The number of hydrogen-bond donors (Lipinski definition) is 0. The van der Waals surface area contributed by atoms with Crippen LogP contribution in [0.1, 0.15) is 18.9 Å². The lowest BCUT2D eigenvalue weighted by Crippen LogP contribution is -1.92. The Balaban J connectivity index is 2.26. The van der Waals surface area contributed by atoms with Gasteiger partial charge in [0.05, 0.1) is 14.2 Å². The predicted octanol–water partition coefficient (Wildman–Crippen LogP) is 3.82. The number of hydrogen-bond acceptors (Lipinski definition) is 6. The summed E-state index contributed by atoms with van der Waals surface area (Å²) in [5.41, 5.74) is 1.27. The van der Waals surface area contributed by atoms with Crippen LogP contribution in [-0.2, 0) is 4.79 Å². The molecule has 0 atom stereocenters. The number of thioether (sulfide) groups is 2. The monoisotopic (exact) mass is 323 g/mol. The van der Waals surface area contributed by atoms with Gasteiger partial charge in [0.25, 0.3) is 0 Å². The van der Waals surface area contributed by atoms with Crippen LogP contribution in [0.5, 0.6) is 11.5 Å². The number of carbonyl (C=O) groups is 1. The second-order valence-electron chi connectivity index (χ2n) is 4.25. The summed E-state index contributed by atoms with van der Waals surface area (Å²) in [5.74, 6) is 2.34. The van der Waals surface area contributed by atoms with E-state index >= 15 is 0 Å². The van der Waals surface area contributed by atoms with Gasteiger partial charge in [-0.1, -0.05) is 18.7 Å². The predicted molar refractivity (Wildman–Crippen MR) is 90.3 cm³/mol. The molecule has 1 aliphatic rings. The maximum atomic E-state index is 12.0.